The third-order valence-electron chi connectivity index (χ3n) is 2.09. The maximum absolute atomic E-state index is 11.4. The van der Waals surface area contributed by atoms with E-state index in [0.29, 0.717) is 0 Å². The number of hydrogen-bond donors (Lipinski definition) is 3. The fourth-order valence-electron chi connectivity index (χ4n) is 1.01. The molecule has 5 heteroatoms. The van der Waals surface area contributed by atoms with Crippen molar-refractivity contribution in [3.8, 4) is 0 Å². The minimum atomic E-state index is -1.87. The minimum absolute atomic E-state index is 0.483. The molecule has 5 N–H and O–H groups in total. The molecule has 0 aromatic heterocycles. The zero-order valence-electron chi connectivity index (χ0n) is 8.07. The summed E-state index contributed by atoms with van der Waals surface area (Å²) in [4.78, 5) is 22.2. The Morgan fingerprint density at radius 2 is 1.69 bits per heavy atom. The largest absolute Gasteiger partial charge is 0.480 e. The second-order valence-corrected chi connectivity index (χ2v) is 3.48. The van der Waals surface area contributed by atoms with Crippen LogP contribution in [0.15, 0.2) is 0 Å². The summed E-state index contributed by atoms with van der Waals surface area (Å²) < 4.78 is 0. The number of carbonyl (C=O) groups is 2. The first-order valence-electron chi connectivity index (χ1n) is 4.06. The molecule has 76 valence electrons. The van der Waals surface area contributed by atoms with Crippen LogP contribution in [0.2, 0.25) is 0 Å². The van der Waals surface area contributed by atoms with Gasteiger partial charge in [0.05, 0.1) is 6.04 Å². The summed E-state index contributed by atoms with van der Waals surface area (Å²) in [7, 11) is 0. The molecule has 0 saturated carbocycles. The minimum Gasteiger partial charge on any atom is -0.480 e. The number of Topliss-reactive ketones (excluding diaryl/α,β-unsaturated/α-hetero) is 1. The number of carbonyl (C=O) groups excluding carboxylic acids is 1. The predicted molar refractivity (Wildman–Crippen MR) is 48.0 cm³/mol. The van der Waals surface area contributed by atoms with Crippen molar-refractivity contribution in [1.29, 1.82) is 0 Å². The van der Waals surface area contributed by atoms with E-state index in [0.717, 1.165) is 0 Å². The lowest BCUT2D eigenvalue weighted by Gasteiger charge is -2.28. The van der Waals surface area contributed by atoms with Crippen molar-refractivity contribution < 1.29 is 14.7 Å². The number of aliphatic carboxylic acids is 1. The highest BCUT2D eigenvalue weighted by atomic mass is 16.4. The lowest BCUT2D eigenvalue weighted by Crippen LogP contribution is -2.62. The Kier molecular flexibility index (Phi) is 3.57. The summed E-state index contributed by atoms with van der Waals surface area (Å²) in [6.07, 6.45) is 0. The Bertz CT molecular complexity index is 225. The molecule has 0 fully saturated rings. The maximum Gasteiger partial charge on any atom is 0.331 e. The molecule has 0 aromatic rings. The molecular weight excluding hydrogens is 172 g/mol. The van der Waals surface area contributed by atoms with Crippen LogP contribution in [0.3, 0.4) is 0 Å². The fraction of sp³-hybridized carbons (Fsp3) is 0.750. The van der Waals surface area contributed by atoms with Gasteiger partial charge in [0, 0.05) is 0 Å². The first kappa shape index (κ1) is 12.1. The van der Waals surface area contributed by atoms with Gasteiger partial charge in [-0.15, -0.1) is 0 Å². The van der Waals surface area contributed by atoms with Crippen LogP contribution in [0.1, 0.15) is 20.8 Å². The number of ketones is 1. The van der Waals surface area contributed by atoms with E-state index in [2.05, 4.69) is 0 Å². The normalized spacial score (nSPS) is 18.0. The third kappa shape index (κ3) is 2.05. The van der Waals surface area contributed by atoms with E-state index < -0.39 is 29.3 Å². The molecule has 0 rings (SSSR count). The summed E-state index contributed by atoms with van der Waals surface area (Å²) >= 11 is 0. The molecule has 0 aliphatic rings. The summed E-state index contributed by atoms with van der Waals surface area (Å²) in [6.45, 7) is 4.58. The quantitative estimate of drug-likeness (QED) is 0.508. The number of rotatable bonds is 4. The average molecular weight is 188 g/mol. The SMILES string of the molecule is CC(C)[C@](N)(C(=O)O)C(=O)[C@H](C)N. The Labute approximate surface area is 77.1 Å². The van der Waals surface area contributed by atoms with Crippen molar-refractivity contribution >= 4 is 11.8 Å². The topological polar surface area (TPSA) is 106 Å². The molecule has 2 atom stereocenters. The van der Waals surface area contributed by atoms with Crippen LogP contribution in [0, 0.1) is 5.92 Å². The molecule has 13 heavy (non-hydrogen) atoms. The Hall–Kier alpha value is -0.940. The monoisotopic (exact) mass is 188 g/mol. The van der Waals surface area contributed by atoms with E-state index >= 15 is 0 Å². The molecule has 0 radical (unpaired) electrons. The number of hydrogen-bond acceptors (Lipinski definition) is 4. The van der Waals surface area contributed by atoms with E-state index in [4.69, 9.17) is 16.6 Å². The number of nitrogens with two attached hydrogens (primary N) is 2. The van der Waals surface area contributed by atoms with Gasteiger partial charge in [-0.2, -0.15) is 0 Å². The van der Waals surface area contributed by atoms with Crippen molar-refractivity contribution in [2.24, 2.45) is 17.4 Å². The molecule has 0 heterocycles. The molecule has 0 aromatic carbocycles. The molecule has 0 unspecified atom stereocenters. The molecule has 0 saturated heterocycles. The van der Waals surface area contributed by atoms with Crippen LogP contribution < -0.4 is 11.5 Å². The van der Waals surface area contributed by atoms with Crippen molar-refractivity contribution in [3.63, 3.8) is 0 Å². The molecule has 0 spiro atoms. The van der Waals surface area contributed by atoms with E-state index in [-0.39, 0.29) is 0 Å². The van der Waals surface area contributed by atoms with Gasteiger partial charge in [-0.1, -0.05) is 13.8 Å². The predicted octanol–water partition coefficient (Wildman–Crippen LogP) is -0.659. The molecule has 0 aliphatic heterocycles. The highest BCUT2D eigenvalue weighted by molar-refractivity contribution is 6.09. The van der Waals surface area contributed by atoms with E-state index in [9.17, 15) is 9.59 Å². The van der Waals surface area contributed by atoms with E-state index in [1.54, 1.807) is 13.8 Å². The van der Waals surface area contributed by atoms with Crippen molar-refractivity contribution in [3.05, 3.63) is 0 Å². The zero-order chi connectivity index (χ0) is 10.8. The van der Waals surface area contributed by atoms with Crippen LogP contribution in [-0.2, 0) is 9.59 Å². The average Bonchev–Trinajstić information content (AvgIpc) is 2.00. The van der Waals surface area contributed by atoms with Crippen LogP contribution in [0.4, 0.5) is 0 Å². The first-order valence-corrected chi connectivity index (χ1v) is 4.06. The lowest BCUT2D eigenvalue weighted by atomic mass is 9.81. The van der Waals surface area contributed by atoms with Gasteiger partial charge in [0.1, 0.15) is 0 Å². The molecule has 0 aliphatic carbocycles. The molecule has 5 nitrogen and oxygen atoms in total. The molecule has 0 amide bonds. The highest BCUT2D eigenvalue weighted by Crippen LogP contribution is 2.16. The summed E-state index contributed by atoms with van der Waals surface area (Å²) in [6, 6.07) is -0.858. The van der Waals surface area contributed by atoms with Crippen molar-refractivity contribution in [1.82, 2.24) is 0 Å². The summed E-state index contributed by atoms with van der Waals surface area (Å²) in [5.41, 5.74) is 8.94. The number of carboxylic acids is 1. The molecular formula is C8H16N2O3. The fourth-order valence-corrected chi connectivity index (χ4v) is 1.01. The van der Waals surface area contributed by atoms with Crippen LogP contribution in [-0.4, -0.2) is 28.4 Å². The van der Waals surface area contributed by atoms with Crippen molar-refractivity contribution in [2.75, 3.05) is 0 Å². The molecule has 0 bridgehead atoms. The Balaban J connectivity index is 5.02. The van der Waals surface area contributed by atoms with Gasteiger partial charge in [-0.25, -0.2) is 4.79 Å². The standard InChI is InChI=1S/C8H16N2O3/c1-4(2)8(10,7(12)13)6(11)5(3)9/h4-5H,9-10H2,1-3H3,(H,12,13)/t5-,8+/m0/s1. The van der Waals surface area contributed by atoms with Gasteiger partial charge < -0.3 is 16.6 Å². The Morgan fingerprint density at radius 3 is 1.77 bits per heavy atom. The first-order chi connectivity index (χ1) is 5.74. The summed E-state index contributed by atoms with van der Waals surface area (Å²) in [5, 5.41) is 8.82. The second kappa shape index (κ2) is 3.85. The lowest BCUT2D eigenvalue weighted by molar-refractivity contribution is -0.150. The highest BCUT2D eigenvalue weighted by Gasteiger charge is 2.45. The Morgan fingerprint density at radius 1 is 1.31 bits per heavy atom. The van der Waals surface area contributed by atoms with Gasteiger partial charge in [-0.3, -0.25) is 4.79 Å². The zero-order valence-corrected chi connectivity index (χ0v) is 8.07. The van der Waals surface area contributed by atoms with Gasteiger partial charge in [0.25, 0.3) is 0 Å². The van der Waals surface area contributed by atoms with Crippen LogP contribution in [0.5, 0.6) is 0 Å². The number of carboxylic acid groups (broad SMARTS) is 1. The van der Waals surface area contributed by atoms with E-state index in [1.807, 2.05) is 0 Å². The van der Waals surface area contributed by atoms with Crippen molar-refractivity contribution in [2.45, 2.75) is 32.4 Å². The van der Waals surface area contributed by atoms with Gasteiger partial charge in [0.15, 0.2) is 11.3 Å². The maximum atomic E-state index is 11.4. The smallest absolute Gasteiger partial charge is 0.331 e. The van der Waals surface area contributed by atoms with E-state index in [1.165, 1.54) is 6.92 Å². The van der Waals surface area contributed by atoms with Crippen LogP contribution in [0.25, 0.3) is 0 Å². The van der Waals surface area contributed by atoms with Gasteiger partial charge >= 0.3 is 5.97 Å². The van der Waals surface area contributed by atoms with Gasteiger partial charge in [0.2, 0.25) is 0 Å². The van der Waals surface area contributed by atoms with Gasteiger partial charge in [-0.05, 0) is 12.8 Å². The second-order valence-electron chi connectivity index (χ2n) is 3.48. The third-order valence-corrected chi connectivity index (χ3v) is 2.09. The summed E-state index contributed by atoms with van der Waals surface area (Å²) in [5.74, 6) is -2.46. The van der Waals surface area contributed by atoms with Crippen LogP contribution >= 0.6 is 0 Å².